The van der Waals surface area contributed by atoms with Gasteiger partial charge in [0.25, 0.3) is 5.91 Å². The van der Waals surface area contributed by atoms with Crippen molar-refractivity contribution in [3.05, 3.63) is 58.4 Å². The van der Waals surface area contributed by atoms with Crippen molar-refractivity contribution >= 4 is 16.9 Å². The third-order valence-electron chi connectivity index (χ3n) is 4.86. The molecule has 3 aromatic rings. The van der Waals surface area contributed by atoms with Crippen LogP contribution < -0.4 is 0 Å². The number of amides is 1. The Morgan fingerprint density at radius 2 is 1.83 bits per heavy atom. The molecule has 1 aromatic carbocycles. The summed E-state index contributed by atoms with van der Waals surface area (Å²) in [7, 11) is 3.42. The molecular formula is C21H23F3N4O. The Morgan fingerprint density at radius 1 is 1.21 bits per heavy atom. The second-order valence-electron chi connectivity index (χ2n) is 7.51. The Bertz CT molecular complexity index is 1050. The second-order valence-corrected chi connectivity index (χ2v) is 7.51. The van der Waals surface area contributed by atoms with Crippen molar-refractivity contribution in [2.24, 2.45) is 7.05 Å². The molecular weight excluding hydrogens is 381 g/mol. The normalized spacial score (nSPS) is 12.0. The molecule has 0 N–H and O–H groups in total. The van der Waals surface area contributed by atoms with Crippen LogP contribution in [-0.2, 0) is 19.8 Å². The highest BCUT2D eigenvalue weighted by Crippen LogP contribution is 2.30. The maximum Gasteiger partial charge on any atom is 0.416 e. The second kappa shape index (κ2) is 7.50. The number of hydrogen-bond donors (Lipinski definition) is 0. The number of aryl methyl sites for hydroxylation is 2. The van der Waals surface area contributed by atoms with E-state index >= 15 is 0 Å². The molecule has 0 bridgehead atoms. The van der Waals surface area contributed by atoms with Crippen LogP contribution in [0.25, 0.3) is 11.0 Å². The highest BCUT2D eigenvalue weighted by Gasteiger charge is 2.30. The standard InChI is InChI=1S/C21H23F3N4O/c1-12(2)17-10-16(18-13(3)26-28(5)19(18)25-17)20(29)27(4)11-14-6-8-15(9-7-14)21(22,23)24/h6-10,12H,11H2,1-5H3. The van der Waals surface area contributed by atoms with Crippen molar-refractivity contribution in [2.45, 2.75) is 39.4 Å². The summed E-state index contributed by atoms with van der Waals surface area (Å²) < 4.78 is 39.9. The molecule has 0 unspecified atom stereocenters. The van der Waals surface area contributed by atoms with Crippen LogP contribution in [0.4, 0.5) is 13.2 Å². The summed E-state index contributed by atoms with van der Waals surface area (Å²) in [6, 6.07) is 6.63. The van der Waals surface area contributed by atoms with Crippen LogP contribution in [0.15, 0.2) is 30.3 Å². The van der Waals surface area contributed by atoms with E-state index in [2.05, 4.69) is 10.1 Å². The number of carbonyl (C=O) groups excluding carboxylic acids is 1. The fourth-order valence-corrected chi connectivity index (χ4v) is 3.28. The molecule has 0 aliphatic rings. The van der Waals surface area contributed by atoms with E-state index in [0.29, 0.717) is 27.9 Å². The van der Waals surface area contributed by atoms with Crippen LogP contribution in [0.1, 0.15) is 52.6 Å². The zero-order valence-electron chi connectivity index (χ0n) is 17.0. The van der Waals surface area contributed by atoms with E-state index in [-0.39, 0.29) is 18.4 Å². The predicted molar refractivity (Wildman–Crippen MR) is 105 cm³/mol. The minimum atomic E-state index is -4.38. The van der Waals surface area contributed by atoms with Gasteiger partial charge < -0.3 is 4.90 Å². The van der Waals surface area contributed by atoms with Crippen molar-refractivity contribution in [1.29, 1.82) is 0 Å². The molecule has 3 rings (SSSR count). The van der Waals surface area contributed by atoms with Crippen molar-refractivity contribution in [3.63, 3.8) is 0 Å². The largest absolute Gasteiger partial charge is 0.416 e. The monoisotopic (exact) mass is 404 g/mol. The average molecular weight is 404 g/mol. The Labute approximate surface area is 167 Å². The van der Waals surface area contributed by atoms with Gasteiger partial charge in [0.2, 0.25) is 0 Å². The number of carbonyl (C=O) groups is 1. The summed E-state index contributed by atoms with van der Waals surface area (Å²) in [5, 5.41) is 5.08. The van der Waals surface area contributed by atoms with Crippen LogP contribution in [-0.4, -0.2) is 32.6 Å². The van der Waals surface area contributed by atoms with Gasteiger partial charge in [0.1, 0.15) is 0 Å². The van der Waals surface area contributed by atoms with E-state index in [0.717, 1.165) is 17.8 Å². The number of pyridine rings is 1. The van der Waals surface area contributed by atoms with E-state index in [4.69, 9.17) is 0 Å². The molecule has 0 saturated carbocycles. The number of alkyl halides is 3. The Balaban J connectivity index is 1.94. The fraction of sp³-hybridized carbons (Fsp3) is 0.381. The van der Waals surface area contributed by atoms with Gasteiger partial charge in [-0.1, -0.05) is 26.0 Å². The van der Waals surface area contributed by atoms with Crippen LogP contribution in [0.3, 0.4) is 0 Å². The van der Waals surface area contributed by atoms with Gasteiger partial charge in [0.05, 0.1) is 22.2 Å². The molecule has 8 heteroatoms. The van der Waals surface area contributed by atoms with E-state index < -0.39 is 11.7 Å². The van der Waals surface area contributed by atoms with Gasteiger partial charge in [0, 0.05) is 26.3 Å². The maximum absolute atomic E-state index is 13.2. The zero-order valence-corrected chi connectivity index (χ0v) is 17.0. The Morgan fingerprint density at radius 3 is 2.38 bits per heavy atom. The molecule has 5 nitrogen and oxygen atoms in total. The summed E-state index contributed by atoms with van der Waals surface area (Å²) >= 11 is 0. The maximum atomic E-state index is 13.2. The minimum Gasteiger partial charge on any atom is -0.337 e. The van der Waals surface area contributed by atoms with Gasteiger partial charge in [-0.25, -0.2) is 4.98 Å². The molecule has 0 atom stereocenters. The molecule has 0 fully saturated rings. The molecule has 2 aromatic heterocycles. The number of benzene rings is 1. The quantitative estimate of drug-likeness (QED) is 0.634. The van der Waals surface area contributed by atoms with Crippen LogP contribution >= 0.6 is 0 Å². The topological polar surface area (TPSA) is 51.0 Å². The van der Waals surface area contributed by atoms with Crippen molar-refractivity contribution in [3.8, 4) is 0 Å². The molecule has 1 amide bonds. The van der Waals surface area contributed by atoms with E-state index in [1.165, 1.54) is 17.0 Å². The molecule has 0 aliphatic carbocycles. The molecule has 0 radical (unpaired) electrons. The van der Waals surface area contributed by atoms with Crippen molar-refractivity contribution < 1.29 is 18.0 Å². The summed E-state index contributed by atoms with van der Waals surface area (Å²) in [6.07, 6.45) is -4.38. The lowest BCUT2D eigenvalue weighted by atomic mass is 10.0. The number of nitrogens with zero attached hydrogens (tertiary/aromatic N) is 4. The molecule has 0 aliphatic heterocycles. The lowest BCUT2D eigenvalue weighted by Crippen LogP contribution is -2.27. The highest BCUT2D eigenvalue weighted by molar-refractivity contribution is 6.06. The number of hydrogen-bond acceptors (Lipinski definition) is 3. The number of fused-ring (bicyclic) bond motifs is 1. The molecule has 0 spiro atoms. The Hall–Kier alpha value is -2.90. The molecule has 154 valence electrons. The first-order valence-corrected chi connectivity index (χ1v) is 9.25. The third-order valence-corrected chi connectivity index (χ3v) is 4.86. The SMILES string of the molecule is Cc1nn(C)c2nc(C(C)C)cc(C(=O)N(C)Cc3ccc(C(F)(F)F)cc3)c12. The van der Waals surface area contributed by atoms with Gasteiger partial charge in [0.15, 0.2) is 5.65 Å². The molecule has 2 heterocycles. The van der Waals surface area contributed by atoms with Crippen molar-refractivity contribution in [2.75, 3.05) is 7.05 Å². The first kappa shape index (κ1) is 20.8. The third kappa shape index (κ3) is 4.11. The van der Waals surface area contributed by atoms with Crippen molar-refractivity contribution in [1.82, 2.24) is 19.7 Å². The zero-order chi connectivity index (χ0) is 21.5. The number of rotatable bonds is 4. The van der Waals surface area contributed by atoms with Gasteiger partial charge in [-0.3, -0.25) is 9.48 Å². The van der Waals surface area contributed by atoms with Crippen LogP contribution in [0.5, 0.6) is 0 Å². The summed E-state index contributed by atoms with van der Waals surface area (Å²) in [6.45, 7) is 6.01. The lowest BCUT2D eigenvalue weighted by molar-refractivity contribution is -0.137. The average Bonchev–Trinajstić information content (AvgIpc) is 2.94. The molecule has 0 saturated heterocycles. The summed E-state index contributed by atoms with van der Waals surface area (Å²) in [5.74, 6) is -0.100. The van der Waals surface area contributed by atoms with Crippen LogP contribution in [0, 0.1) is 6.92 Å². The predicted octanol–water partition coefficient (Wildman–Crippen LogP) is 4.69. The van der Waals surface area contributed by atoms with Gasteiger partial charge in [-0.15, -0.1) is 0 Å². The fourth-order valence-electron chi connectivity index (χ4n) is 3.28. The number of halogens is 3. The van der Waals surface area contributed by atoms with Gasteiger partial charge >= 0.3 is 6.18 Å². The van der Waals surface area contributed by atoms with Gasteiger partial charge in [-0.05, 0) is 36.6 Å². The summed E-state index contributed by atoms with van der Waals surface area (Å²) in [4.78, 5) is 19.3. The minimum absolute atomic E-state index is 0.126. The van der Waals surface area contributed by atoms with E-state index in [9.17, 15) is 18.0 Å². The Kier molecular flexibility index (Phi) is 5.38. The van der Waals surface area contributed by atoms with Gasteiger partial charge in [-0.2, -0.15) is 18.3 Å². The smallest absolute Gasteiger partial charge is 0.337 e. The van der Waals surface area contributed by atoms with Crippen LogP contribution in [0.2, 0.25) is 0 Å². The number of aromatic nitrogens is 3. The van der Waals surface area contributed by atoms with E-state index in [1.54, 1.807) is 24.8 Å². The van der Waals surface area contributed by atoms with E-state index in [1.807, 2.05) is 20.8 Å². The summed E-state index contributed by atoms with van der Waals surface area (Å²) in [5.41, 5.74) is 2.53. The lowest BCUT2D eigenvalue weighted by Gasteiger charge is -2.19. The molecule has 29 heavy (non-hydrogen) atoms. The first-order chi connectivity index (χ1) is 13.5. The highest BCUT2D eigenvalue weighted by atomic mass is 19.4. The first-order valence-electron chi connectivity index (χ1n) is 9.25.